The molecule has 4 rings (SSSR count). The second-order valence-corrected chi connectivity index (χ2v) is 9.92. The van der Waals surface area contributed by atoms with E-state index in [2.05, 4.69) is 4.98 Å². The van der Waals surface area contributed by atoms with Crippen LogP contribution in [0.25, 0.3) is 11.0 Å². The largest absolute Gasteiger partial charge is 0.449 e. The molecule has 2 aromatic heterocycles. The SMILES string of the molecule is O=S(=O)(c1cccs1)N1CCC(Cn2c(C(F)(F)F)nc3ccccc32)CC1. The van der Waals surface area contributed by atoms with E-state index in [1.54, 1.807) is 41.8 Å². The Morgan fingerprint density at radius 2 is 1.82 bits per heavy atom. The molecule has 1 aliphatic rings. The summed E-state index contributed by atoms with van der Waals surface area (Å²) in [6, 6.07) is 9.81. The minimum Gasteiger partial charge on any atom is -0.320 e. The maximum atomic E-state index is 13.4. The molecule has 1 aromatic carbocycles. The average Bonchev–Trinajstić information content (AvgIpc) is 3.31. The van der Waals surface area contributed by atoms with E-state index in [0.29, 0.717) is 41.2 Å². The molecule has 10 heteroatoms. The normalized spacial score (nSPS) is 17.4. The summed E-state index contributed by atoms with van der Waals surface area (Å²) in [4.78, 5) is 3.77. The summed E-state index contributed by atoms with van der Waals surface area (Å²) < 4.78 is 68.5. The van der Waals surface area contributed by atoms with Gasteiger partial charge in [-0.1, -0.05) is 18.2 Å². The Bertz CT molecular complexity index is 1070. The van der Waals surface area contributed by atoms with Crippen LogP contribution in [0.4, 0.5) is 13.2 Å². The average molecular weight is 429 g/mol. The van der Waals surface area contributed by atoms with Crippen molar-refractivity contribution in [3.8, 4) is 0 Å². The van der Waals surface area contributed by atoms with E-state index in [9.17, 15) is 21.6 Å². The molecule has 150 valence electrons. The van der Waals surface area contributed by atoms with Crippen LogP contribution in [-0.4, -0.2) is 35.4 Å². The second kappa shape index (κ2) is 7.16. The van der Waals surface area contributed by atoms with Crippen molar-refractivity contribution in [3.63, 3.8) is 0 Å². The molecule has 3 heterocycles. The number of thiophene rings is 1. The standard InChI is InChI=1S/C18H18F3N3O2S2/c19-18(20,21)17-22-14-4-1-2-5-15(14)24(17)12-13-7-9-23(10-8-13)28(25,26)16-6-3-11-27-16/h1-6,11,13H,7-10,12H2. The van der Waals surface area contributed by atoms with Gasteiger partial charge in [-0.25, -0.2) is 13.4 Å². The number of aromatic nitrogens is 2. The molecule has 3 aromatic rings. The van der Waals surface area contributed by atoms with Gasteiger partial charge in [0.2, 0.25) is 5.82 Å². The van der Waals surface area contributed by atoms with Crippen molar-refractivity contribution in [2.24, 2.45) is 5.92 Å². The smallest absolute Gasteiger partial charge is 0.320 e. The van der Waals surface area contributed by atoms with Crippen LogP contribution >= 0.6 is 11.3 Å². The van der Waals surface area contributed by atoms with Gasteiger partial charge in [-0.3, -0.25) is 0 Å². The van der Waals surface area contributed by atoms with Gasteiger partial charge in [-0.05, 0) is 42.3 Å². The Morgan fingerprint density at radius 1 is 1.11 bits per heavy atom. The molecule has 1 aliphatic heterocycles. The van der Waals surface area contributed by atoms with Gasteiger partial charge in [0, 0.05) is 19.6 Å². The van der Waals surface area contributed by atoms with E-state index in [-0.39, 0.29) is 12.5 Å². The first-order chi connectivity index (χ1) is 13.3. The van der Waals surface area contributed by atoms with Crippen LogP contribution in [0.1, 0.15) is 18.7 Å². The first-order valence-corrected chi connectivity index (χ1v) is 11.1. The molecule has 0 saturated carbocycles. The number of halogens is 3. The third kappa shape index (κ3) is 3.56. The van der Waals surface area contributed by atoms with Gasteiger partial charge in [0.15, 0.2) is 0 Å². The Morgan fingerprint density at radius 3 is 2.46 bits per heavy atom. The van der Waals surface area contributed by atoms with Gasteiger partial charge in [0.05, 0.1) is 11.0 Å². The lowest BCUT2D eigenvalue weighted by atomic mass is 9.98. The van der Waals surface area contributed by atoms with E-state index in [1.165, 1.54) is 20.2 Å². The van der Waals surface area contributed by atoms with Crippen LogP contribution < -0.4 is 0 Å². The highest BCUT2D eigenvalue weighted by Gasteiger charge is 2.38. The monoisotopic (exact) mass is 429 g/mol. The predicted octanol–water partition coefficient (Wildman–Crippen LogP) is 4.22. The van der Waals surface area contributed by atoms with E-state index in [1.807, 2.05) is 0 Å². The lowest BCUT2D eigenvalue weighted by Crippen LogP contribution is -2.39. The highest BCUT2D eigenvalue weighted by molar-refractivity contribution is 7.91. The molecule has 0 unspecified atom stereocenters. The zero-order chi connectivity index (χ0) is 19.9. The molecule has 0 aliphatic carbocycles. The van der Waals surface area contributed by atoms with Gasteiger partial charge in [0.1, 0.15) is 4.21 Å². The minimum atomic E-state index is -4.54. The molecule has 5 nitrogen and oxygen atoms in total. The van der Waals surface area contributed by atoms with Gasteiger partial charge < -0.3 is 4.57 Å². The summed E-state index contributed by atoms with van der Waals surface area (Å²) in [5, 5.41) is 1.71. The second-order valence-electron chi connectivity index (χ2n) is 6.81. The predicted molar refractivity (Wildman–Crippen MR) is 101 cm³/mol. The van der Waals surface area contributed by atoms with E-state index in [4.69, 9.17) is 0 Å². The number of sulfonamides is 1. The van der Waals surface area contributed by atoms with Crippen LogP contribution in [0.5, 0.6) is 0 Å². The van der Waals surface area contributed by atoms with E-state index < -0.39 is 22.0 Å². The Balaban J connectivity index is 1.53. The lowest BCUT2D eigenvalue weighted by molar-refractivity contribution is -0.147. The van der Waals surface area contributed by atoms with Crippen LogP contribution in [0.2, 0.25) is 0 Å². The van der Waals surface area contributed by atoms with Crippen molar-refractivity contribution < 1.29 is 21.6 Å². The fourth-order valence-electron chi connectivity index (χ4n) is 3.60. The summed E-state index contributed by atoms with van der Waals surface area (Å²) in [7, 11) is -3.52. The fraction of sp³-hybridized carbons (Fsp3) is 0.389. The fourth-order valence-corrected chi connectivity index (χ4v) is 6.22. The Kier molecular flexibility index (Phi) is 4.96. The van der Waals surface area contributed by atoms with Crippen LogP contribution in [-0.2, 0) is 22.7 Å². The lowest BCUT2D eigenvalue weighted by Gasteiger charge is -2.31. The van der Waals surface area contributed by atoms with Crippen LogP contribution in [0.15, 0.2) is 46.0 Å². The number of benzene rings is 1. The van der Waals surface area contributed by atoms with Crippen molar-refractivity contribution in [3.05, 3.63) is 47.6 Å². The molecule has 0 bridgehead atoms. The zero-order valence-corrected chi connectivity index (χ0v) is 16.4. The van der Waals surface area contributed by atoms with Crippen LogP contribution in [0, 0.1) is 5.92 Å². The Labute approximate surface area is 164 Å². The first-order valence-electron chi connectivity index (χ1n) is 8.83. The maximum Gasteiger partial charge on any atom is 0.449 e. The van der Waals surface area contributed by atoms with Gasteiger partial charge >= 0.3 is 6.18 Å². The van der Waals surface area contributed by atoms with Crippen LogP contribution in [0.3, 0.4) is 0 Å². The quantitative estimate of drug-likeness (QED) is 0.624. The van der Waals surface area contributed by atoms with Crippen molar-refractivity contribution in [1.29, 1.82) is 0 Å². The van der Waals surface area contributed by atoms with Gasteiger partial charge in [-0.15, -0.1) is 11.3 Å². The van der Waals surface area contributed by atoms with Crippen molar-refractivity contribution in [2.75, 3.05) is 13.1 Å². The molecule has 1 fully saturated rings. The van der Waals surface area contributed by atoms with Gasteiger partial charge in [0.25, 0.3) is 10.0 Å². The summed E-state index contributed by atoms with van der Waals surface area (Å²) in [6.45, 7) is 0.778. The third-order valence-corrected chi connectivity index (χ3v) is 8.28. The van der Waals surface area contributed by atoms with Crippen molar-refractivity contribution >= 4 is 32.4 Å². The molecule has 0 amide bonds. The molecule has 0 spiro atoms. The number of hydrogen-bond donors (Lipinski definition) is 0. The maximum absolute atomic E-state index is 13.4. The topological polar surface area (TPSA) is 55.2 Å². The highest BCUT2D eigenvalue weighted by atomic mass is 32.2. The zero-order valence-electron chi connectivity index (χ0n) is 14.8. The Hall–Kier alpha value is -1.91. The number of fused-ring (bicyclic) bond motifs is 1. The summed E-state index contributed by atoms with van der Waals surface area (Å²) in [6.07, 6.45) is -3.52. The summed E-state index contributed by atoms with van der Waals surface area (Å²) in [5.41, 5.74) is 0.760. The molecular weight excluding hydrogens is 411 g/mol. The number of rotatable bonds is 4. The summed E-state index contributed by atoms with van der Waals surface area (Å²) in [5.74, 6) is -0.948. The number of alkyl halides is 3. The van der Waals surface area contributed by atoms with E-state index in [0.717, 1.165) is 0 Å². The molecule has 28 heavy (non-hydrogen) atoms. The molecule has 0 atom stereocenters. The third-order valence-electron chi connectivity index (χ3n) is 5.01. The molecule has 1 saturated heterocycles. The summed E-state index contributed by atoms with van der Waals surface area (Å²) >= 11 is 1.17. The first kappa shape index (κ1) is 19.4. The molecular formula is C18H18F3N3O2S2. The highest BCUT2D eigenvalue weighted by Crippen LogP contribution is 2.34. The van der Waals surface area contributed by atoms with E-state index >= 15 is 0 Å². The number of hydrogen-bond acceptors (Lipinski definition) is 4. The number of para-hydroxylation sites is 2. The van der Waals surface area contributed by atoms with Crippen molar-refractivity contribution in [2.45, 2.75) is 29.8 Å². The van der Waals surface area contributed by atoms with Gasteiger partial charge in [-0.2, -0.15) is 17.5 Å². The number of nitrogens with zero attached hydrogens (tertiary/aromatic N) is 3. The van der Waals surface area contributed by atoms with Crippen molar-refractivity contribution in [1.82, 2.24) is 13.9 Å². The number of piperidine rings is 1. The molecule has 0 N–H and O–H groups in total. The minimum absolute atomic E-state index is 0.0477. The molecule has 0 radical (unpaired) electrons. The number of imidazole rings is 1.